The lowest BCUT2D eigenvalue weighted by atomic mass is 9.61. The monoisotopic (exact) mass is 316 g/mol. The average molecular weight is 316 g/mol. The zero-order chi connectivity index (χ0) is 17.0. The van der Waals surface area contributed by atoms with Gasteiger partial charge in [0.25, 0.3) is 0 Å². The van der Waals surface area contributed by atoms with E-state index in [2.05, 4.69) is 52.0 Å². The van der Waals surface area contributed by atoms with Crippen LogP contribution in [-0.4, -0.2) is 13.1 Å². The number of rotatable bonds is 5. The van der Waals surface area contributed by atoms with Gasteiger partial charge < -0.3 is 4.74 Å². The molecule has 1 saturated carbocycles. The van der Waals surface area contributed by atoms with Gasteiger partial charge in [0.05, 0.1) is 12.5 Å². The number of carbonyl (C=O) groups is 1. The molecule has 0 amide bonds. The first-order valence-electron chi connectivity index (χ1n) is 9.05. The van der Waals surface area contributed by atoms with E-state index in [0.717, 1.165) is 25.7 Å². The van der Waals surface area contributed by atoms with Gasteiger partial charge in [-0.1, -0.05) is 57.9 Å². The smallest absolute Gasteiger partial charge is 0.311 e. The maximum Gasteiger partial charge on any atom is 0.311 e. The van der Waals surface area contributed by atoms with E-state index >= 15 is 0 Å². The number of benzene rings is 1. The second kappa shape index (κ2) is 7.51. The Morgan fingerprint density at radius 1 is 1.30 bits per heavy atom. The van der Waals surface area contributed by atoms with Crippen molar-refractivity contribution in [2.75, 3.05) is 7.11 Å². The van der Waals surface area contributed by atoms with E-state index in [1.807, 2.05) is 0 Å². The molecule has 1 aromatic rings. The minimum absolute atomic E-state index is 0.0239. The SMILES string of the molecule is COC(=O)[C@]1(C)CCC[C@H](C)[C@@H]1CCc1ccc(C(C)C)cc1. The quantitative estimate of drug-likeness (QED) is 0.684. The largest absolute Gasteiger partial charge is 0.469 e. The van der Waals surface area contributed by atoms with Crippen LogP contribution in [0.1, 0.15) is 70.4 Å². The van der Waals surface area contributed by atoms with Gasteiger partial charge in [-0.2, -0.15) is 0 Å². The summed E-state index contributed by atoms with van der Waals surface area (Å²) < 4.78 is 5.13. The van der Waals surface area contributed by atoms with E-state index in [9.17, 15) is 4.79 Å². The molecular weight excluding hydrogens is 284 g/mol. The highest BCUT2D eigenvalue weighted by molar-refractivity contribution is 5.76. The van der Waals surface area contributed by atoms with E-state index in [4.69, 9.17) is 4.74 Å². The molecule has 23 heavy (non-hydrogen) atoms. The highest BCUT2D eigenvalue weighted by Gasteiger charge is 2.46. The van der Waals surface area contributed by atoms with Crippen LogP contribution in [0.15, 0.2) is 24.3 Å². The summed E-state index contributed by atoms with van der Waals surface area (Å²) in [6, 6.07) is 8.98. The van der Waals surface area contributed by atoms with Crippen LogP contribution in [0.2, 0.25) is 0 Å². The Hall–Kier alpha value is -1.31. The number of esters is 1. The number of hydrogen-bond donors (Lipinski definition) is 0. The molecule has 1 aromatic carbocycles. The van der Waals surface area contributed by atoms with E-state index in [0.29, 0.717) is 17.8 Å². The molecule has 2 heteroatoms. The summed E-state index contributed by atoms with van der Waals surface area (Å²) in [5.74, 6) is 1.55. The Morgan fingerprint density at radius 3 is 2.52 bits per heavy atom. The maximum atomic E-state index is 12.4. The van der Waals surface area contributed by atoms with Gasteiger partial charge in [-0.25, -0.2) is 0 Å². The first kappa shape index (κ1) is 18.0. The topological polar surface area (TPSA) is 26.3 Å². The van der Waals surface area contributed by atoms with Crippen LogP contribution < -0.4 is 0 Å². The standard InChI is InChI=1S/C21H32O2/c1-15(2)18-11-8-17(9-12-18)10-13-19-16(3)7-6-14-21(19,4)20(22)23-5/h8-9,11-12,15-16,19H,6-7,10,13-14H2,1-5H3/t16-,19-,21+/m0/s1. The molecule has 0 aromatic heterocycles. The van der Waals surface area contributed by atoms with Gasteiger partial charge in [-0.15, -0.1) is 0 Å². The molecule has 3 atom stereocenters. The van der Waals surface area contributed by atoms with Crippen LogP contribution in [0.5, 0.6) is 0 Å². The van der Waals surface area contributed by atoms with Crippen molar-refractivity contribution in [1.29, 1.82) is 0 Å². The highest BCUT2D eigenvalue weighted by Crippen LogP contribution is 2.47. The third kappa shape index (κ3) is 3.97. The summed E-state index contributed by atoms with van der Waals surface area (Å²) >= 11 is 0. The fraction of sp³-hybridized carbons (Fsp3) is 0.667. The van der Waals surface area contributed by atoms with Gasteiger partial charge in [0.2, 0.25) is 0 Å². The zero-order valence-corrected chi connectivity index (χ0v) is 15.4. The molecule has 0 saturated heterocycles. The minimum Gasteiger partial charge on any atom is -0.469 e. The number of methoxy groups -OCH3 is 1. The Kier molecular flexibility index (Phi) is 5.89. The molecule has 0 heterocycles. The highest BCUT2D eigenvalue weighted by atomic mass is 16.5. The minimum atomic E-state index is -0.315. The van der Waals surface area contributed by atoms with Crippen LogP contribution in [0.3, 0.4) is 0 Å². The van der Waals surface area contributed by atoms with Gasteiger partial charge >= 0.3 is 5.97 Å². The van der Waals surface area contributed by atoms with Crippen LogP contribution in [-0.2, 0) is 16.0 Å². The van der Waals surface area contributed by atoms with E-state index < -0.39 is 0 Å². The van der Waals surface area contributed by atoms with Crippen molar-refractivity contribution in [2.45, 2.75) is 65.7 Å². The predicted molar refractivity (Wildman–Crippen MR) is 95.5 cm³/mol. The van der Waals surface area contributed by atoms with E-state index in [1.54, 1.807) is 0 Å². The number of carbonyl (C=O) groups excluding carboxylic acids is 1. The fourth-order valence-electron chi connectivity index (χ4n) is 4.29. The van der Waals surface area contributed by atoms with Crippen molar-refractivity contribution in [2.24, 2.45) is 17.3 Å². The lowest BCUT2D eigenvalue weighted by Crippen LogP contribution is -2.43. The summed E-state index contributed by atoms with van der Waals surface area (Å²) in [4.78, 5) is 12.4. The summed E-state index contributed by atoms with van der Waals surface area (Å²) in [6.07, 6.45) is 5.42. The van der Waals surface area contributed by atoms with Gasteiger partial charge in [0.15, 0.2) is 0 Å². The van der Waals surface area contributed by atoms with E-state index in [1.165, 1.54) is 24.7 Å². The molecule has 0 spiro atoms. The number of ether oxygens (including phenoxy) is 1. The van der Waals surface area contributed by atoms with Crippen molar-refractivity contribution < 1.29 is 9.53 Å². The molecule has 0 radical (unpaired) electrons. The third-order valence-corrected chi connectivity index (χ3v) is 5.90. The molecular formula is C21H32O2. The molecule has 2 rings (SSSR count). The summed E-state index contributed by atoms with van der Waals surface area (Å²) in [5.41, 5.74) is 2.45. The average Bonchev–Trinajstić information content (AvgIpc) is 2.54. The fourth-order valence-corrected chi connectivity index (χ4v) is 4.29. The van der Waals surface area contributed by atoms with Gasteiger partial charge in [0, 0.05) is 0 Å². The number of aryl methyl sites for hydroxylation is 1. The van der Waals surface area contributed by atoms with Crippen LogP contribution in [0, 0.1) is 17.3 Å². The maximum absolute atomic E-state index is 12.4. The molecule has 1 aliphatic carbocycles. The summed E-state index contributed by atoms with van der Waals surface area (Å²) in [5, 5.41) is 0. The zero-order valence-electron chi connectivity index (χ0n) is 15.4. The normalized spacial score (nSPS) is 27.9. The van der Waals surface area contributed by atoms with Crippen molar-refractivity contribution in [1.82, 2.24) is 0 Å². The van der Waals surface area contributed by atoms with Crippen LogP contribution in [0.4, 0.5) is 0 Å². The lowest BCUT2D eigenvalue weighted by Gasteiger charge is -2.43. The Balaban J connectivity index is 2.07. The van der Waals surface area contributed by atoms with Crippen LogP contribution >= 0.6 is 0 Å². The molecule has 0 aliphatic heterocycles. The predicted octanol–water partition coefficient (Wildman–Crippen LogP) is 5.36. The summed E-state index contributed by atoms with van der Waals surface area (Å²) in [6.45, 7) is 8.86. The molecule has 0 bridgehead atoms. The van der Waals surface area contributed by atoms with Crippen molar-refractivity contribution in [3.8, 4) is 0 Å². The van der Waals surface area contributed by atoms with Gasteiger partial charge in [-0.05, 0) is 55.1 Å². The number of hydrogen-bond acceptors (Lipinski definition) is 2. The van der Waals surface area contributed by atoms with Crippen molar-refractivity contribution >= 4 is 5.97 Å². The van der Waals surface area contributed by atoms with E-state index in [-0.39, 0.29) is 11.4 Å². The van der Waals surface area contributed by atoms with Crippen molar-refractivity contribution in [3.63, 3.8) is 0 Å². The molecule has 0 N–H and O–H groups in total. The summed E-state index contributed by atoms with van der Waals surface area (Å²) in [7, 11) is 1.52. The molecule has 1 aliphatic rings. The first-order chi connectivity index (χ1) is 10.9. The third-order valence-electron chi connectivity index (χ3n) is 5.90. The second-order valence-electron chi connectivity index (χ2n) is 7.82. The second-order valence-corrected chi connectivity index (χ2v) is 7.82. The van der Waals surface area contributed by atoms with Gasteiger partial charge in [-0.3, -0.25) is 4.79 Å². The Bertz CT molecular complexity index is 517. The molecule has 2 nitrogen and oxygen atoms in total. The molecule has 1 fully saturated rings. The van der Waals surface area contributed by atoms with Crippen molar-refractivity contribution in [3.05, 3.63) is 35.4 Å². The van der Waals surface area contributed by atoms with Gasteiger partial charge in [0.1, 0.15) is 0 Å². The lowest BCUT2D eigenvalue weighted by molar-refractivity contribution is -0.159. The first-order valence-corrected chi connectivity index (χ1v) is 9.05. The van der Waals surface area contributed by atoms with Crippen LogP contribution in [0.25, 0.3) is 0 Å². The molecule has 128 valence electrons. The molecule has 0 unspecified atom stereocenters. The Morgan fingerprint density at radius 2 is 1.96 bits per heavy atom. The Labute approximate surface area is 141 Å².